The molecule has 0 atom stereocenters. The van der Waals surface area contributed by atoms with E-state index in [-0.39, 0.29) is 11.4 Å². The predicted molar refractivity (Wildman–Crippen MR) is 92.7 cm³/mol. The molecule has 0 spiro atoms. The number of H-pyrrole nitrogens is 2. The fourth-order valence-electron chi connectivity index (χ4n) is 3.21. The molecule has 0 saturated heterocycles. The lowest BCUT2D eigenvalue weighted by Crippen LogP contribution is -2.35. The molecule has 1 aromatic carbocycles. The second-order valence-electron chi connectivity index (χ2n) is 5.96. The summed E-state index contributed by atoms with van der Waals surface area (Å²) in [6, 6.07) is 4.75. The molecule has 0 fully saturated rings. The zero-order chi connectivity index (χ0) is 16.7. The Labute approximate surface area is 142 Å². The molecule has 1 aliphatic rings. The van der Waals surface area contributed by atoms with Crippen LogP contribution >= 0.6 is 11.8 Å². The Morgan fingerprint density at radius 3 is 3.12 bits per heavy atom. The summed E-state index contributed by atoms with van der Waals surface area (Å²) in [6.07, 6.45) is 4.57. The minimum atomic E-state index is -0.238. The van der Waals surface area contributed by atoms with Gasteiger partial charge >= 0.3 is 0 Å². The quantitative estimate of drug-likeness (QED) is 0.566. The number of thioether (sulfide) groups is 1. The molecule has 1 aliphatic heterocycles. The zero-order valence-corrected chi connectivity index (χ0v) is 14.0. The minimum absolute atomic E-state index is 0.0565. The molecule has 4 rings (SSSR count). The highest BCUT2D eigenvalue weighted by Gasteiger charge is 2.22. The molecule has 2 N–H and O–H groups in total. The van der Waals surface area contributed by atoms with Crippen LogP contribution in [0.5, 0.6) is 0 Å². The summed E-state index contributed by atoms with van der Waals surface area (Å²) in [6.45, 7) is 2.07. The molecule has 0 unspecified atom stereocenters. The van der Waals surface area contributed by atoms with E-state index in [4.69, 9.17) is 0 Å². The van der Waals surface area contributed by atoms with Gasteiger partial charge in [0, 0.05) is 43.2 Å². The third-order valence-electron chi connectivity index (χ3n) is 4.44. The van der Waals surface area contributed by atoms with Crippen LogP contribution in [0.3, 0.4) is 0 Å². The van der Waals surface area contributed by atoms with Gasteiger partial charge in [-0.15, -0.1) is 0 Å². The summed E-state index contributed by atoms with van der Waals surface area (Å²) in [5.74, 6) is -0.238. The van der Waals surface area contributed by atoms with Crippen molar-refractivity contribution in [3.05, 3.63) is 57.4 Å². The monoisotopic (exact) mass is 344 g/mol. The molecule has 3 aromatic rings. The van der Waals surface area contributed by atoms with Gasteiger partial charge in [-0.25, -0.2) is 9.37 Å². The molecular formula is C17H17FN4OS. The first-order valence-corrected chi connectivity index (χ1v) is 9.00. The second kappa shape index (κ2) is 6.07. The molecular weight excluding hydrogens is 327 g/mol. The molecule has 124 valence electrons. The third-order valence-corrected chi connectivity index (χ3v) is 5.02. The summed E-state index contributed by atoms with van der Waals surface area (Å²) >= 11 is 1.44. The van der Waals surface area contributed by atoms with Crippen LogP contribution in [0.25, 0.3) is 10.9 Å². The Hall–Kier alpha value is -2.12. The maximum atomic E-state index is 13.5. The highest BCUT2D eigenvalue weighted by Crippen LogP contribution is 2.23. The van der Waals surface area contributed by atoms with Crippen molar-refractivity contribution >= 4 is 22.7 Å². The summed E-state index contributed by atoms with van der Waals surface area (Å²) in [4.78, 5) is 25.0. The van der Waals surface area contributed by atoms with E-state index in [0.717, 1.165) is 40.7 Å². The van der Waals surface area contributed by atoms with E-state index in [0.29, 0.717) is 18.2 Å². The maximum Gasteiger partial charge on any atom is 0.256 e. The van der Waals surface area contributed by atoms with Crippen LogP contribution in [-0.2, 0) is 19.5 Å². The first-order valence-electron chi connectivity index (χ1n) is 7.78. The number of hydrogen-bond acceptors (Lipinski definition) is 4. The Morgan fingerprint density at radius 1 is 1.42 bits per heavy atom. The van der Waals surface area contributed by atoms with Crippen LogP contribution in [0.4, 0.5) is 4.39 Å². The number of nitrogens with zero attached hydrogens (tertiary/aromatic N) is 2. The van der Waals surface area contributed by atoms with E-state index >= 15 is 0 Å². The Bertz CT molecular complexity index is 965. The van der Waals surface area contributed by atoms with Crippen LogP contribution in [-0.4, -0.2) is 32.7 Å². The van der Waals surface area contributed by atoms with Crippen molar-refractivity contribution in [2.45, 2.75) is 24.7 Å². The molecule has 24 heavy (non-hydrogen) atoms. The maximum absolute atomic E-state index is 13.5. The number of fused-ring (bicyclic) bond motifs is 2. The number of aromatic amines is 2. The third kappa shape index (κ3) is 2.74. The van der Waals surface area contributed by atoms with Gasteiger partial charge in [0.2, 0.25) is 0 Å². The highest BCUT2D eigenvalue weighted by atomic mass is 32.2. The minimum Gasteiger partial charge on any atom is -0.361 e. The van der Waals surface area contributed by atoms with Gasteiger partial charge in [0.1, 0.15) is 5.82 Å². The largest absolute Gasteiger partial charge is 0.361 e. The van der Waals surface area contributed by atoms with Gasteiger partial charge in [0.25, 0.3) is 5.56 Å². The van der Waals surface area contributed by atoms with E-state index in [1.165, 1.54) is 17.8 Å². The summed E-state index contributed by atoms with van der Waals surface area (Å²) < 4.78 is 13.5. The van der Waals surface area contributed by atoms with Crippen molar-refractivity contribution in [3.8, 4) is 0 Å². The first kappa shape index (κ1) is 15.4. The van der Waals surface area contributed by atoms with E-state index in [1.54, 1.807) is 12.1 Å². The van der Waals surface area contributed by atoms with Gasteiger partial charge in [-0.2, -0.15) is 0 Å². The summed E-state index contributed by atoms with van der Waals surface area (Å²) in [5.41, 5.74) is 3.54. The standard InChI is InChI=1S/C17H17FN4OS/c1-24-17-20-15-4-5-22(9-13(15)16(23)21-17)8-10-7-19-14-3-2-11(18)6-12(10)14/h2-3,6-7,19H,4-5,8-9H2,1H3,(H,20,21,23). The van der Waals surface area contributed by atoms with Crippen LogP contribution in [0, 0.1) is 5.82 Å². The number of halogens is 1. The van der Waals surface area contributed by atoms with E-state index in [9.17, 15) is 9.18 Å². The lowest BCUT2D eigenvalue weighted by atomic mass is 10.1. The summed E-state index contributed by atoms with van der Waals surface area (Å²) in [7, 11) is 0. The SMILES string of the molecule is CSc1nc2c(c(=O)[nH]1)CN(Cc1c[nH]c3ccc(F)cc13)CC2. The molecule has 0 aliphatic carbocycles. The normalized spacial score (nSPS) is 14.9. The molecule has 3 heterocycles. The van der Waals surface area contributed by atoms with Crippen LogP contribution in [0.1, 0.15) is 16.8 Å². The smallest absolute Gasteiger partial charge is 0.256 e. The van der Waals surface area contributed by atoms with E-state index in [1.807, 2.05) is 12.5 Å². The number of nitrogens with one attached hydrogen (secondary N) is 2. The molecule has 0 saturated carbocycles. The van der Waals surface area contributed by atoms with Gasteiger partial charge < -0.3 is 9.97 Å². The number of rotatable bonds is 3. The Balaban J connectivity index is 1.61. The molecule has 7 heteroatoms. The molecule has 5 nitrogen and oxygen atoms in total. The van der Waals surface area contributed by atoms with Crippen molar-refractivity contribution in [2.24, 2.45) is 0 Å². The van der Waals surface area contributed by atoms with Crippen molar-refractivity contribution in [1.29, 1.82) is 0 Å². The van der Waals surface area contributed by atoms with Crippen molar-refractivity contribution in [3.63, 3.8) is 0 Å². The van der Waals surface area contributed by atoms with Crippen molar-refractivity contribution < 1.29 is 4.39 Å². The number of aromatic nitrogens is 3. The first-order chi connectivity index (χ1) is 11.6. The summed E-state index contributed by atoms with van der Waals surface area (Å²) in [5, 5.41) is 1.56. The highest BCUT2D eigenvalue weighted by molar-refractivity contribution is 7.98. The fourth-order valence-corrected chi connectivity index (χ4v) is 3.61. The van der Waals surface area contributed by atoms with Crippen LogP contribution in [0.15, 0.2) is 34.3 Å². The van der Waals surface area contributed by atoms with Crippen LogP contribution in [0.2, 0.25) is 0 Å². The van der Waals surface area contributed by atoms with E-state index in [2.05, 4.69) is 19.9 Å². The zero-order valence-electron chi connectivity index (χ0n) is 13.2. The van der Waals surface area contributed by atoms with E-state index < -0.39 is 0 Å². The van der Waals surface area contributed by atoms with Gasteiger partial charge in [-0.3, -0.25) is 9.69 Å². The van der Waals surface area contributed by atoms with Gasteiger partial charge in [-0.05, 0) is 30.0 Å². The van der Waals surface area contributed by atoms with Gasteiger partial charge in [0.15, 0.2) is 5.16 Å². The average Bonchev–Trinajstić information content (AvgIpc) is 2.97. The van der Waals surface area contributed by atoms with Crippen LogP contribution < -0.4 is 5.56 Å². The predicted octanol–water partition coefficient (Wildman–Crippen LogP) is 2.67. The Kier molecular flexibility index (Phi) is 3.90. The number of benzene rings is 1. The molecule has 0 amide bonds. The molecule has 0 radical (unpaired) electrons. The number of hydrogen-bond donors (Lipinski definition) is 2. The fraction of sp³-hybridized carbons (Fsp3) is 0.294. The molecule has 0 bridgehead atoms. The lowest BCUT2D eigenvalue weighted by Gasteiger charge is -2.27. The van der Waals surface area contributed by atoms with Crippen molar-refractivity contribution in [2.75, 3.05) is 12.8 Å². The van der Waals surface area contributed by atoms with Crippen molar-refractivity contribution in [1.82, 2.24) is 19.9 Å². The Morgan fingerprint density at radius 2 is 2.29 bits per heavy atom. The van der Waals surface area contributed by atoms with Gasteiger partial charge in [-0.1, -0.05) is 11.8 Å². The average molecular weight is 344 g/mol. The second-order valence-corrected chi connectivity index (χ2v) is 6.76. The lowest BCUT2D eigenvalue weighted by molar-refractivity contribution is 0.242. The van der Waals surface area contributed by atoms with Gasteiger partial charge in [0.05, 0.1) is 11.3 Å². The molecule has 2 aromatic heterocycles. The topological polar surface area (TPSA) is 64.8 Å².